The van der Waals surface area contributed by atoms with Crippen LogP contribution in [0.3, 0.4) is 0 Å². The molecule has 0 unspecified atom stereocenters. The van der Waals surface area contributed by atoms with E-state index in [2.05, 4.69) is 10.3 Å². The average molecular weight is 298 g/mol. The molecule has 114 valence electrons. The number of methoxy groups -OCH3 is 1. The molecule has 22 heavy (non-hydrogen) atoms. The van der Waals surface area contributed by atoms with Crippen molar-refractivity contribution in [2.45, 2.75) is 0 Å². The third-order valence-corrected chi connectivity index (χ3v) is 2.82. The van der Waals surface area contributed by atoms with Crippen LogP contribution in [-0.4, -0.2) is 31.2 Å². The molecule has 5 nitrogen and oxygen atoms in total. The number of aromatic nitrogens is 1. The SMILES string of the molecule is COc1cccc(OCCNC(=O)/C=C/c2cccnc2)c1. The van der Waals surface area contributed by atoms with Crippen molar-refractivity contribution in [3.05, 3.63) is 60.4 Å². The average Bonchev–Trinajstić information content (AvgIpc) is 2.58. The van der Waals surface area contributed by atoms with E-state index in [-0.39, 0.29) is 5.91 Å². The molecule has 0 aliphatic rings. The van der Waals surface area contributed by atoms with Crippen molar-refractivity contribution >= 4 is 12.0 Å². The Morgan fingerprint density at radius 3 is 2.91 bits per heavy atom. The standard InChI is InChI=1S/C17H18N2O3/c1-21-15-5-2-6-16(12-15)22-11-10-19-17(20)8-7-14-4-3-9-18-13-14/h2-9,12-13H,10-11H2,1H3,(H,19,20)/b8-7+. The second kappa shape index (κ2) is 8.46. The first-order valence-corrected chi connectivity index (χ1v) is 6.91. The maximum Gasteiger partial charge on any atom is 0.244 e. The van der Waals surface area contributed by atoms with Gasteiger partial charge in [-0.1, -0.05) is 12.1 Å². The fraction of sp³-hybridized carbons (Fsp3) is 0.176. The van der Waals surface area contributed by atoms with Gasteiger partial charge in [0.25, 0.3) is 0 Å². The Bertz CT molecular complexity index is 627. The topological polar surface area (TPSA) is 60.5 Å². The number of nitrogens with one attached hydrogen (secondary N) is 1. The number of nitrogens with zero attached hydrogens (tertiary/aromatic N) is 1. The van der Waals surface area contributed by atoms with Crippen LogP contribution in [0.25, 0.3) is 6.08 Å². The van der Waals surface area contributed by atoms with Crippen molar-refractivity contribution < 1.29 is 14.3 Å². The maximum atomic E-state index is 11.6. The van der Waals surface area contributed by atoms with Gasteiger partial charge in [0.15, 0.2) is 0 Å². The summed E-state index contributed by atoms with van der Waals surface area (Å²) >= 11 is 0. The summed E-state index contributed by atoms with van der Waals surface area (Å²) in [7, 11) is 1.61. The summed E-state index contributed by atoms with van der Waals surface area (Å²) in [6.07, 6.45) is 6.57. The van der Waals surface area contributed by atoms with Crippen molar-refractivity contribution in [2.75, 3.05) is 20.3 Å². The zero-order valence-electron chi connectivity index (χ0n) is 12.4. The molecule has 1 N–H and O–H groups in total. The van der Waals surface area contributed by atoms with Crippen molar-refractivity contribution in [1.29, 1.82) is 0 Å². The predicted molar refractivity (Wildman–Crippen MR) is 84.8 cm³/mol. The van der Waals surface area contributed by atoms with Gasteiger partial charge < -0.3 is 14.8 Å². The molecule has 0 aliphatic carbocycles. The number of ether oxygens (including phenoxy) is 2. The van der Waals surface area contributed by atoms with Crippen LogP contribution in [0.4, 0.5) is 0 Å². The van der Waals surface area contributed by atoms with Crippen molar-refractivity contribution in [1.82, 2.24) is 10.3 Å². The number of rotatable bonds is 7. The second-order valence-corrected chi connectivity index (χ2v) is 4.44. The largest absolute Gasteiger partial charge is 0.497 e. The number of benzene rings is 1. The Morgan fingerprint density at radius 2 is 2.14 bits per heavy atom. The highest BCUT2D eigenvalue weighted by Gasteiger charge is 1.98. The Balaban J connectivity index is 1.70. The first-order valence-electron chi connectivity index (χ1n) is 6.91. The molecule has 1 amide bonds. The molecule has 0 aliphatic heterocycles. The Hall–Kier alpha value is -2.82. The number of pyridine rings is 1. The molecule has 0 saturated heterocycles. The molecule has 0 radical (unpaired) electrons. The van der Waals surface area contributed by atoms with Crippen LogP contribution in [0.15, 0.2) is 54.9 Å². The molecule has 1 aromatic carbocycles. The van der Waals surface area contributed by atoms with E-state index in [9.17, 15) is 4.79 Å². The lowest BCUT2D eigenvalue weighted by atomic mass is 10.2. The minimum atomic E-state index is -0.168. The summed E-state index contributed by atoms with van der Waals surface area (Å²) in [6, 6.07) is 11.0. The lowest BCUT2D eigenvalue weighted by molar-refractivity contribution is -0.116. The van der Waals surface area contributed by atoms with E-state index >= 15 is 0 Å². The number of hydrogen-bond donors (Lipinski definition) is 1. The Morgan fingerprint density at radius 1 is 1.27 bits per heavy atom. The monoisotopic (exact) mass is 298 g/mol. The molecular weight excluding hydrogens is 280 g/mol. The van der Waals surface area contributed by atoms with Gasteiger partial charge in [-0.2, -0.15) is 0 Å². The van der Waals surface area contributed by atoms with Gasteiger partial charge >= 0.3 is 0 Å². The van der Waals surface area contributed by atoms with Crippen LogP contribution in [0.1, 0.15) is 5.56 Å². The molecule has 1 heterocycles. The molecule has 0 bridgehead atoms. The first kappa shape index (κ1) is 15.6. The molecule has 0 atom stereocenters. The van der Waals surface area contributed by atoms with Crippen LogP contribution < -0.4 is 14.8 Å². The third kappa shape index (κ3) is 5.28. The second-order valence-electron chi connectivity index (χ2n) is 4.44. The fourth-order valence-electron chi connectivity index (χ4n) is 1.74. The van der Waals surface area contributed by atoms with E-state index in [0.717, 1.165) is 11.3 Å². The highest BCUT2D eigenvalue weighted by atomic mass is 16.5. The van der Waals surface area contributed by atoms with Crippen molar-refractivity contribution in [3.63, 3.8) is 0 Å². The minimum absolute atomic E-state index is 0.168. The van der Waals surface area contributed by atoms with Gasteiger partial charge in [-0.25, -0.2) is 0 Å². The van der Waals surface area contributed by atoms with Crippen LogP contribution >= 0.6 is 0 Å². The number of carbonyl (C=O) groups excluding carboxylic acids is 1. The highest BCUT2D eigenvalue weighted by molar-refractivity contribution is 5.91. The van der Waals surface area contributed by atoms with Gasteiger partial charge in [0, 0.05) is 24.5 Å². The number of amides is 1. The normalized spacial score (nSPS) is 10.4. The van der Waals surface area contributed by atoms with E-state index in [1.54, 1.807) is 31.6 Å². The molecule has 0 fully saturated rings. The van der Waals surface area contributed by atoms with Gasteiger partial charge in [-0.3, -0.25) is 9.78 Å². The summed E-state index contributed by atoms with van der Waals surface area (Å²) in [4.78, 5) is 15.6. The van der Waals surface area contributed by atoms with Gasteiger partial charge in [0.1, 0.15) is 18.1 Å². The van der Waals surface area contributed by atoms with E-state index < -0.39 is 0 Å². The summed E-state index contributed by atoms with van der Waals surface area (Å²) in [5, 5.41) is 2.75. The highest BCUT2D eigenvalue weighted by Crippen LogP contribution is 2.18. The van der Waals surface area contributed by atoms with E-state index in [1.807, 2.05) is 30.3 Å². The van der Waals surface area contributed by atoms with Gasteiger partial charge in [0.2, 0.25) is 5.91 Å². The summed E-state index contributed by atoms with van der Waals surface area (Å²) < 4.78 is 10.6. The Kier molecular flexibility index (Phi) is 5.99. The van der Waals surface area contributed by atoms with Gasteiger partial charge in [-0.05, 0) is 29.8 Å². The summed E-state index contributed by atoms with van der Waals surface area (Å²) in [6.45, 7) is 0.813. The zero-order valence-corrected chi connectivity index (χ0v) is 12.4. The molecule has 1 aromatic heterocycles. The lowest BCUT2D eigenvalue weighted by Crippen LogP contribution is -2.26. The van der Waals surface area contributed by atoms with E-state index in [4.69, 9.17) is 9.47 Å². The summed E-state index contributed by atoms with van der Waals surface area (Å²) in [5.74, 6) is 1.28. The predicted octanol–water partition coefficient (Wildman–Crippen LogP) is 2.30. The Labute approximate surface area is 129 Å². The van der Waals surface area contributed by atoms with Gasteiger partial charge in [-0.15, -0.1) is 0 Å². The molecular formula is C17H18N2O3. The van der Waals surface area contributed by atoms with Crippen LogP contribution in [0.2, 0.25) is 0 Å². The quantitative estimate of drug-likeness (QED) is 0.629. The zero-order chi connectivity index (χ0) is 15.6. The molecule has 2 rings (SSSR count). The smallest absolute Gasteiger partial charge is 0.244 e. The fourth-order valence-corrected chi connectivity index (χ4v) is 1.74. The molecule has 0 saturated carbocycles. The lowest BCUT2D eigenvalue weighted by Gasteiger charge is -2.07. The van der Waals surface area contributed by atoms with Gasteiger partial charge in [0.05, 0.1) is 13.7 Å². The molecule has 2 aromatic rings. The van der Waals surface area contributed by atoms with E-state index in [1.165, 1.54) is 6.08 Å². The van der Waals surface area contributed by atoms with Crippen molar-refractivity contribution in [3.8, 4) is 11.5 Å². The molecule has 0 spiro atoms. The van der Waals surface area contributed by atoms with E-state index in [0.29, 0.717) is 18.9 Å². The minimum Gasteiger partial charge on any atom is -0.497 e. The third-order valence-electron chi connectivity index (χ3n) is 2.82. The number of carbonyl (C=O) groups is 1. The van der Waals surface area contributed by atoms with Crippen LogP contribution in [0, 0.1) is 0 Å². The van der Waals surface area contributed by atoms with Crippen molar-refractivity contribution in [2.24, 2.45) is 0 Å². The maximum absolute atomic E-state index is 11.6. The van der Waals surface area contributed by atoms with Crippen LogP contribution in [0.5, 0.6) is 11.5 Å². The number of hydrogen-bond acceptors (Lipinski definition) is 4. The first-order chi connectivity index (χ1) is 10.8. The summed E-state index contributed by atoms with van der Waals surface area (Å²) in [5.41, 5.74) is 0.880. The molecule has 5 heteroatoms. The van der Waals surface area contributed by atoms with Crippen LogP contribution in [-0.2, 0) is 4.79 Å².